The second kappa shape index (κ2) is 11.9. The van der Waals surface area contributed by atoms with Crippen molar-refractivity contribution in [1.82, 2.24) is 14.5 Å². The van der Waals surface area contributed by atoms with E-state index in [1.807, 2.05) is 78.9 Å². The van der Waals surface area contributed by atoms with Gasteiger partial charge in [-0.1, -0.05) is 115 Å². The highest BCUT2D eigenvalue weighted by Gasteiger charge is 2.19. The van der Waals surface area contributed by atoms with E-state index in [1.165, 1.54) is 0 Å². The molecule has 3 heterocycles. The molecule has 0 aliphatic heterocycles. The Kier molecular flexibility index (Phi) is 6.80. The van der Waals surface area contributed by atoms with E-state index < -0.39 is 0 Å². The van der Waals surface area contributed by atoms with E-state index in [0.717, 1.165) is 88.6 Å². The lowest BCUT2D eigenvalue weighted by Crippen LogP contribution is -2.00. The van der Waals surface area contributed by atoms with Gasteiger partial charge < -0.3 is 8.98 Å². The second-order valence-corrected chi connectivity index (χ2v) is 12.9. The molecule has 5 heteroatoms. The number of nitriles is 1. The summed E-state index contributed by atoms with van der Waals surface area (Å²) in [7, 11) is 0. The molecule has 0 saturated heterocycles. The fourth-order valence-corrected chi connectivity index (χ4v) is 7.41. The molecule has 10 aromatic rings. The van der Waals surface area contributed by atoms with Crippen LogP contribution in [-0.2, 0) is 0 Å². The standard InChI is InChI=1S/C47H28N4O/c48-29-32-17-7-8-18-36(32)33-23-34(47-49-41(30-13-3-1-4-14-30)28-42(50-47)31-15-5-2-6-16-31)25-35(24-33)51-43-21-11-9-19-37(43)39-27-46-40(26-44(39)51)38-20-10-12-22-45(38)52-46/h1-28H. The largest absolute Gasteiger partial charge is 0.456 e. The number of rotatable bonds is 5. The summed E-state index contributed by atoms with van der Waals surface area (Å²) in [6.45, 7) is 0. The van der Waals surface area contributed by atoms with Crippen LogP contribution < -0.4 is 0 Å². The van der Waals surface area contributed by atoms with Gasteiger partial charge in [0.15, 0.2) is 5.82 Å². The van der Waals surface area contributed by atoms with Crippen LogP contribution in [0, 0.1) is 11.3 Å². The molecule has 0 saturated carbocycles. The number of hydrogen-bond acceptors (Lipinski definition) is 4. The van der Waals surface area contributed by atoms with Gasteiger partial charge >= 0.3 is 0 Å². The van der Waals surface area contributed by atoms with Crippen LogP contribution in [0.25, 0.3) is 94.5 Å². The van der Waals surface area contributed by atoms with Gasteiger partial charge in [0.2, 0.25) is 0 Å². The Morgan fingerprint density at radius 3 is 1.85 bits per heavy atom. The maximum Gasteiger partial charge on any atom is 0.160 e. The molecule has 0 atom stereocenters. The van der Waals surface area contributed by atoms with E-state index >= 15 is 0 Å². The number of nitrogens with zero attached hydrogens (tertiary/aromatic N) is 4. The molecule has 0 radical (unpaired) electrons. The average molecular weight is 665 g/mol. The lowest BCUT2D eigenvalue weighted by molar-refractivity contribution is 0.669. The Morgan fingerprint density at radius 1 is 0.462 bits per heavy atom. The van der Waals surface area contributed by atoms with Crippen molar-refractivity contribution in [1.29, 1.82) is 5.26 Å². The molecule has 3 aromatic heterocycles. The Hall–Kier alpha value is -7.29. The van der Waals surface area contributed by atoms with Crippen LogP contribution >= 0.6 is 0 Å². The molecule has 52 heavy (non-hydrogen) atoms. The molecular weight excluding hydrogens is 637 g/mol. The summed E-state index contributed by atoms with van der Waals surface area (Å²) >= 11 is 0. The quantitative estimate of drug-likeness (QED) is 0.184. The van der Waals surface area contributed by atoms with Crippen LogP contribution in [0.5, 0.6) is 0 Å². The van der Waals surface area contributed by atoms with Crippen molar-refractivity contribution in [3.63, 3.8) is 0 Å². The summed E-state index contributed by atoms with van der Waals surface area (Å²) in [5.74, 6) is 0.599. The normalized spacial score (nSPS) is 11.4. The molecule has 0 spiro atoms. The number of hydrogen-bond donors (Lipinski definition) is 0. The predicted octanol–water partition coefficient (Wildman–Crippen LogP) is 12.0. The maximum absolute atomic E-state index is 10.2. The van der Waals surface area contributed by atoms with E-state index in [9.17, 15) is 5.26 Å². The highest BCUT2D eigenvalue weighted by atomic mass is 16.3. The van der Waals surface area contributed by atoms with Crippen molar-refractivity contribution >= 4 is 43.7 Å². The van der Waals surface area contributed by atoms with E-state index in [4.69, 9.17) is 14.4 Å². The summed E-state index contributed by atoms with van der Waals surface area (Å²) in [5.41, 5.74) is 11.7. The number of benzene rings is 7. The first-order valence-electron chi connectivity index (χ1n) is 17.2. The monoisotopic (exact) mass is 664 g/mol. The van der Waals surface area contributed by atoms with Crippen molar-refractivity contribution < 1.29 is 4.42 Å². The van der Waals surface area contributed by atoms with Crippen molar-refractivity contribution in [2.75, 3.05) is 0 Å². The number of aromatic nitrogens is 3. The summed E-state index contributed by atoms with van der Waals surface area (Å²) in [6.07, 6.45) is 0. The van der Waals surface area contributed by atoms with Gasteiger partial charge in [0.25, 0.3) is 0 Å². The van der Waals surface area contributed by atoms with Gasteiger partial charge in [-0.25, -0.2) is 9.97 Å². The molecule has 242 valence electrons. The van der Waals surface area contributed by atoms with Gasteiger partial charge in [-0.2, -0.15) is 5.26 Å². The zero-order valence-corrected chi connectivity index (χ0v) is 27.9. The third-order valence-electron chi connectivity index (χ3n) is 9.83. The van der Waals surface area contributed by atoms with Crippen molar-refractivity contribution in [2.24, 2.45) is 0 Å². The van der Waals surface area contributed by atoms with Crippen molar-refractivity contribution in [3.8, 4) is 56.8 Å². The minimum atomic E-state index is 0.599. The second-order valence-electron chi connectivity index (χ2n) is 12.9. The van der Waals surface area contributed by atoms with E-state index in [1.54, 1.807) is 0 Å². The van der Waals surface area contributed by atoms with Crippen molar-refractivity contribution in [2.45, 2.75) is 0 Å². The van der Waals surface area contributed by atoms with Crippen molar-refractivity contribution in [3.05, 3.63) is 175 Å². The number of para-hydroxylation sites is 2. The van der Waals surface area contributed by atoms with E-state index in [-0.39, 0.29) is 0 Å². The molecular formula is C47H28N4O. The van der Waals surface area contributed by atoms with Crippen LogP contribution in [0.15, 0.2) is 174 Å². The first-order valence-corrected chi connectivity index (χ1v) is 17.2. The molecule has 0 amide bonds. The van der Waals surface area contributed by atoms with Crippen LogP contribution in [0.1, 0.15) is 5.56 Å². The highest BCUT2D eigenvalue weighted by molar-refractivity contribution is 6.17. The van der Waals surface area contributed by atoms with Crippen LogP contribution in [0.3, 0.4) is 0 Å². The molecule has 0 bridgehead atoms. The van der Waals surface area contributed by atoms with Gasteiger partial charge in [-0.3, -0.25) is 0 Å². The molecule has 0 unspecified atom stereocenters. The molecule has 0 aliphatic rings. The lowest BCUT2D eigenvalue weighted by atomic mass is 9.97. The fourth-order valence-electron chi connectivity index (χ4n) is 7.41. The summed E-state index contributed by atoms with van der Waals surface area (Å²) in [5, 5.41) is 14.6. The van der Waals surface area contributed by atoms with Gasteiger partial charge in [-0.15, -0.1) is 0 Å². The van der Waals surface area contributed by atoms with Gasteiger partial charge in [0.1, 0.15) is 11.2 Å². The zero-order chi connectivity index (χ0) is 34.6. The first kappa shape index (κ1) is 29.6. The zero-order valence-electron chi connectivity index (χ0n) is 27.9. The lowest BCUT2D eigenvalue weighted by Gasteiger charge is -2.15. The maximum atomic E-state index is 10.2. The van der Waals surface area contributed by atoms with Crippen LogP contribution in [0.4, 0.5) is 0 Å². The van der Waals surface area contributed by atoms with E-state index in [0.29, 0.717) is 11.4 Å². The summed E-state index contributed by atoms with van der Waals surface area (Å²) in [4.78, 5) is 10.4. The predicted molar refractivity (Wildman–Crippen MR) is 210 cm³/mol. The molecule has 5 nitrogen and oxygen atoms in total. The smallest absolute Gasteiger partial charge is 0.160 e. The Balaban J connectivity index is 1.29. The van der Waals surface area contributed by atoms with Gasteiger partial charge in [0, 0.05) is 43.9 Å². The SMILES string of the molecule is N#Cc1ccccc1-c1cc(-c2nc(-c3ccccc3)cc(-c3ccccc3)n2)cc(-n2c3ccccc3c3cc4oc5ccccc5c4cc32)c1. The third-order valence-corrected chi connectivity index (χ3v) is 9.83. The highest BCUT2D eigenvalue weighted by Crippen LogP contribution is 2.40. The Morgan fingerprint density at radius 2 is 1.10 bits per heavy atom. The van der Waals surface area contributed by atoms with Gasteiger partial charge in [-0.05, 0) is 65.7 Å². The fraction of sp³-hybridized carbons (Fsp3) is 0. The summed E-state index contributed by atoms with van der Waals surface area (Å²) in [6, 6.07) is 60.1. The summed E-state index contributed by atoms with van der Waals surface area (Å²) < 4.78 is 8.66. The topological polar surface area (TPSA) is 67.6 Å². The molecule has 0 aliphatic carbocycles. The Bertz CT molecular complexity index is 2970. The minimum Gasteiger partial charge on any atom is -0.456 e. The molecule has 10 rings (SSSR count). The average Bonchev–Trinajstić information content (AvgIpc) is 3.75. The number of furan rings is 1. The van der Waals surface area contributed by atoms with Crippen LogP contribution in [-0.4, -0.2) is 14.5 Å². The van der Waals surface area contributed by atoms with Gasteiger partial charge in [0.05, 0.1) is 34.1 Å². The molecule has 7 aromatic carbocycles. The minimum absolute atomic E-state index is 0.599. The third kappa shape index (κ3) is 4.86. The van der Waals surface area contributed by atoms with Crippen LogP contribution in [0.2, 0.25) is 0 Å². The van der Waals surface area contributed by atoms with E-state index in [2.05, 4.69) is 102 Å². The molecule has 0 fully saturated rings. The first-order chi connectivity index (χ1) is 25.7. The number of fused-ring (bicyclic) bond motifs is 6. The Labute approximate surface area is 299 Å². The molecule has 0 N–H and O–H groups in total.